The van der Waals surface area contributed by atoms with Gasteiger partial charge in [0.1, 0.15) is 5.75 Å². The maximum atomic E-state index is 11.5. The lowest BCUT2D eigenvalue weighted by atomic mass is 10.2. The van der Waals surface area contributed by atoms with Crippen LogP contribution in [0.1, 0.15) is 38.1 Å². The van der Waals surface area contributed by atoms with Gasteiger partial charge in [-0.2, -0.15) is 0 Å². The molecular formula is C15H24O3Si. The molecule has 0 unspecified atom stereocenters. The van der Waals surface area contributed by atoms with Crippen molar-refractivity contribution in [1.82, 2.24) is 0 Å². The predicted molar refractivity (Wildman–Crippen MR) is 80.2 cm³/mol. The first kappa shape index (κ1) is 15.8. The van der Waals surface area contributed by atoms with Crippen LogP contribution >= 0.6 is 0 Å². The summed E-state index contributed by atoms with van der Waals surface area (Å²) in [5.41, 5.74) is 0.560. The van der Waals surface area contributed by atoms with Crippen molar-refractivity contribution in [2.75, 3.05) is 6.61 Å². The first-order valence-corrected chi connectivity index (χ1v) is 9.54. The van der Waals surface area contributed by atoms with Crippen molar-refractivity contribution in [2.24, 2.45) is 0 Å². The average Bonchev–Trinajstić information content (AvgIpc) is 2.28. The molecule has 0 atom stereocenters. The van der Waals surface area contributed by atoms with Crippen molar-refractivity contribution in [3.8, 4) is 5.75 Å². The summed E-state index contributed by atoms with van der Waals surface area (Å²) in [5.74, 6) is 0.529. The van der Waals surface area contributed by atoms with Gasteiger partial charge in [0.25, 0.3) is 0 Å². The molecule has 1 aromatic rings. The van der Waals surface area contributed by atoms with Crippen molar-refractivity contribution in [3.05, 3.63) is 29.8 Å². The van der Waals surface area contributed by atoms with Crippen LogP contribution in [0.5, 0.6) is 5.75 Å². The predicted octanol–water partition coefficient (Wildman–Crippen LogP) is 4.25. The second kappa shape index (κ2) is 5.78. The summed E-state index contributed by atoms with van der Waals surface area (Å²) >= 11 is 0. The Labute approximate surface area is 117 Å². The Morgan fingerprint density at radius 1 is 1.16 bits per heavy atom. The maximum absolute atomic E-state index is 11.5. The highest BCUT2D eigenvalue weighted by atomic mass is 28.4. The summed E-state index contributed by atoms with van der Waals surface area (Å²) in [7, 11) is -1.82. The molecule has 0 aliphatic rings. The Hall–Kier alpha value is -1.29. The van der Waals surface area contributed by atoms with Gasteiger partial charge in [-0.05, 0) is 49.3 Å². The molecule has 1 rings (SSSR count). The fourth-order valence-electron chi connectivity index (χ4n) is 1.32. The molecule has 0 heterocycles. The third-order valence-corrected chi connectivity index (χ3v) is 7.90. The lowest BCUT2D eigenvalue weighted by Crippen LogP contribution is -2.43. The van der Waals surface area contributed by atoms with Crippen LogP contribution in [0.2, 0.25) is 18.1 Å². The smallest absolute Gasteiger partial charge is 0.338 e. The minimum Gasteiger partial charge on any atom is -0.544 e. The molecule has 0 bridgehead atoms. The highest BCUT2D eigenvalue weighted by Gasteiger charge is 2.38. The standard InChI is InChI=1S/C15H24O3Si/c1-7-17-14(16)12-8-10-13(11-9-12)18-19(5,6)15(2,3)4/h8-11H,7H2,1-6H3. The molecule has 19 heavy (non-hydrogen) atoms. The molecule has 0 aromatic heterocycles. The molecule has 0 radical (unpaired) electrons. The molecule has 4 heteroatoms. The molecule has 1 aromatic carbocycles. The second-order valence-corrected chi connectivity index (χ2v) is 10.8. The molecule has 0 N–H and O–H groups in total. The van der Waals surface area contributed by atoms with Crippen LogP contribution in [0.25, 0.3) is 0 Å². The molecule has 0 amide bonds. The van der Waals surface area contributed by atoms with Gasteiger partial charge in [0.05, 0.1) is 12.2 Å². The Balaban J connectivity index is 2.81. The van der Waals surface area contributed by atoms with Crippen LogP contribution in [0.4, 0.5) is 0 Å². The van der Waals surface area contributed by atoms with Crippen LogP contribution in [0.3, 0.4) is 0 Å². The number of carbonyl (C=O) groups is 1. The van der Waals surface area contributed by atoms with E-state index in [1.807, 2.05) is 12.1 Å². The molecule has 0 saturated carbocycles. The lowest BCUT2D eigenvalue weighted by Gasteiger charge is -2.36. The minimum atomic E-state index is -1.82. The first-order valence-electron chi connectivity index (χ1n) is 6.63. The van der Waals surface area contributed by atoms with Gasteiger partial charge in [0, 0.05) is 0 Å². The van der Waals surface area contributed by atoms with Crippen molar-refractivity contribution in [1.29, 1.82) is 0 Å². The van der Waals surface area contributed by atoms with E-state index in [-0.39, 0.29) is 11.0 Å². The summed E-state index contributed by atoms with van der Waals surface area (Å²) in [6, 6.07) is 7.18. The van der Waals surface area contributed by atoms with Crippen molar-refractivity contribution in [2.45, 2.75) is 45.8 Å². The van der Waals surface area contributed by atoms with Gasteiger partial charge in [-0.25, -0.2) is 4.79 Å². The topological polar surface area (TPSA) is 35.5 Å². The van der Waals surface area contributed by atoms with Gasteiger partial charge in [-0.15, -0.1) is 0 Å². The first-order chi connectivity index (χ1) is 8.67. The summed E-state index contributed by atoms with van der Waals surface area (Å²) in [4.78, 5) is 11.5. The highest BCUT2D eigenvalue weighted by Crippen LogP contribution is 2.37. The van der Waals surface area contributed by atoms with Crippen LogP contribution in [0, 0.1) is 0 Å². The number of benzene rings is 1. The molecular weight excluding hydrogens is 256 g/mol. The number of rotatable bonds is 4. The Morgan fingerprint density at radius 3 is 2.11 bits per heavy atom. The van der Waals surface area contributed by atoms with Crippen molar-refractivity contribution in [3.63, 3.8) is 0 Å². The quantitative estimate of drug-likeness (QED) is 0.611. The lowest BCUT2D eigenvalue weighted by molar-refractivity contribution is 0.0526. The average molecular weight is 280 g/mol. The largest absolute Gasteiger partial charge is 0.544 e. The van der Waals surface area contributed by atoms with E-state index in [1.54, 1.807) is 19.1 Å². The van der Waals surface area contributed by atoms with E-state index in [0.717, 1.165) is 5.75 Å². The summed E-state index contributed by atoms with van der Waals surface area (Å²) in [5, 5.41) is 0.160. The van der Waals surface area contributed by atoms with Crippen molar-refractivity contribution < 1.29 is 14.0 Å². The van der Waals surface area contributed by atoms with Crippen LogP contribution in [0.15, 0.2) is 24.3 Å². The summed E-state index contributed by atoms with van der Waals surface area (Å²) < 4.78 is 11.1. The van der Waals surface area contributed by atoms with Gasteiger partial charge < -0.3 is 9.16 Å². The minimum absolute atomic E-state index is 0.160. The van der Waals surface area contributed by atoms with Gasteiger partial charge >= 0.3 is 5.97 Å². The number of ether oxygens (including phenoxy) is 1. The van der Waals surface area contributed by atoms with Crippen LogP contribution in [-0.4, -0.2) is 20.9 Å². The van der Waals surface area contributed by atoms with E-state index < -0.39 is 8.32 Å². The van der Waals surface area contributed by atoms with Crippen LogP contribution in [-0.2, 0) is 4.74 Å². The van der Waals surface area contributed by atoms with Gasteiger partial charge in [-0.3, -0.25) is 0 Å². The fourth-order valence-corrected chi connectivity index (χ4v) is 2.35. The monoisotopic (exact) mass is 280 g/mol. The maximum Gasteiger partial charge on any atom is 0.338 e. The molecule has 0 fully saturated rings. The Bertz CT molecular complexity index is 430. The van der Waals surface area contributed by atoms with Crippen LogP contribution < -0.4 is 4.43 Å². The Kier molecular flexibility index (Phi) is 4.79. The third-order valence-electron chi connectivity index (χ3n) is 3.54. The fraction of sp³-hybridized carbons (Fsp3) is 0.533. The summed E-state index contributed by atoms with van der Waals surface area (Å²) in [6.45, 7) is 13.2. The molecule has 0 aliphatic carbocycles. The molecule has 0 aliphatic heterocycles. The number of hydrogen-bond acceptors (Lipinski definition) is 3. The van der Waals surface area contributed by atoms with E-state index in [0.29, 0.717) is 12.2 Å². The molecule has 0 spiro atoms. The second-order valence-electron chi connectivity index (χ2n) is 6.11. The molecule has 0 saturated heterocycles. The van der Waals surface area contributed by atoms with Gasteiger partial charge in [-0.1, -0.05) is 20.8 Å². The summed E-state index contributed by atoms with van der Waals surface area (Å²) in [6.07, 6.45) is 0. The van der Waals surface area contributed by atoms with E-state index in [1.165, 1.54) is 0 Å². The normalized spacial score (nSPS) is 12.1. The zero-order valence-corrected chi connectivity index (χ0v) is 13.7. The molecule has 106 valence electrons. The number of hydrogen-bond donors (Lipinski definition) is 0. The van der Waals surface area contributed by atoms with E-state index in [9.17, 15) is 4.79 Å². The third kappa shape index (κ3) is 4.09. The van der Waals surface area contributed by atoms with E-state index in [2.05, 4.69) is 33.9 Å². The molecule has 3 nitrogen and oxygen atoms in total. The van der Waals surface area contributed by atoms with Crippen molar-refractivity contribution >= 4 is 14.3 Å². The highest BCUT2D eigenvalue weighted by molar-refractivity contribution is 6.74. The number of esters is 1. The van der Waals surface area contributed by atoms with Gasteiger partial charge in [0.15, 0.2) is 0 Å². The zero-order valence-electron chi connectivity index (χ0n) is 12.7. The van der Waals surface area contributed by atoms with E-state index >= 15 is 0 Å². The number of carbonyl (C=O) groups excluding carboxylic acids is 1. The zero-order chi connectivity index (χ0) is 14.7. The Morgan fingerprint density at radius 2 is 1.68 bits per heavy atom. The van der Waals surface area contributed by atoms with E-state index in [4.69, 9.17) is 9.16 Å². The SMILES string of the molecule is CCOC(=O)c1ccc(O[Si](C)(C)C(C)(C)C)cc1. The van der Waals surface area contributed by atoms with Gasteiger partial charge in [0.2, 0.25) is 8.32 Å².